The first-order chi connectivity index (χ1) is 9.07. The third-order valence-electron chi connectivity index (χ3n) is 4.01. The maximum Gasteiger partial charge on any atom is 0.326 e. The van der Waals surface area contributed by atoms with Crippen LogP contribution in [0.15, 0.2) is 17.5 Å². The van der Waals surface area contributed by atoms with E-state index in [1.165, 1.54) is 4.88 Å². The van der Waals surface area contributed by atoms with Crippen molar-refractivity contribution in [1.82, 2.24) is 5.32 Å². The van der Waals surface area contributed by atoms with Gasteiger partial charge in [-0.3, -0.25) is 10.1 Å². The van der Waals surface area contributed by atoms with Crippen molar-refractivity contribution in [1.29, 1.82) is 0 Å². The predicted octanol–water partition coefficient (Wildman–Crippen LogP) is 3.21. The van der Waals surface area contributed by atoms with Crippen molar-refractivity contribution < 1.29 is 9.53 Å². The van der Waals surface area contributed by atoms with E-state index >= 15 is 0 Å². The van der Waals surface area contributed by atoms with Gasteiger partial charge in [-0.05, 0) is 43.0 Å². The van der Waals surface area contributed by atoms with Crippen LogP contribution >= 0.6 is 11.3 Å². The summed E-state index contributed by atoms with van der Waals surface area (Å²) in [7, 11) is 0. The second kappa shape index (κ2) is 6.06. The van der Waals surface area contributed by atoms with Gasteiger partial charge in [0.15, 0.2) is 0 Å². The van der Waals surface area contributed by atoms with Crippen molar-refractivity contribution in [3.8, 4) is 0 Å². The van der Waals surface area contributed by atoms with Crippen molar-refractivity contribution in [3.63, 3.8) is 0 Å². The summed E-state index contributed by atoms with van der Waals surface area (Å²) in [5, 5.41) is 5.50. The summed E-state index contributed by atoms with van der Waals surface area (Å²) in [5.41, 5.74) is -0.449. The van der Waals surface area contributed by atoms with E-state index < -0.39 is 5.54 Å². The van der Waals surface area contributed by atoms with Crippen LogP contribution in [-0.2, 0) is 16.1 Å². The smallest absolute Gasteiger partial charge is 0.326 e. The molecule has 1 saturated carbocycles. The van der Waals surface area contributed by atoms with Gasteiger partial charge in [0.2, 0.25) is 0 Å². The van der Waals surface area contributed by atoms with Crippen LogP contribution < -0.4 is 5.32 Å². The molecule has 0 spiro atoms. The maximum atomic E-state index is 12.2. The molecule has 0 radical (unpaired) electrons. The van der Waals surface area contributed by atoms with Gasteiger partial charge in [-0.25, -0.2) is 0 Å². The number of thiophene rings is 1. The molecule has 1 aliphatic carbocycles. The van der Waals surface area contributed by atoms with Crippen molar-refractivity contribution >= 4 is 17.3 Å². The molecule has 1 aliphatic rings. The van der Waals surface area contributed by atoms with E-state index in [0.29, 0.717) is 18.4 Å². The lowest BCUT2D eigenvalue weighted by Gasteiger charge is -2.47. The Bertz CT molecular complexity index is 408. The zero-order valence-corrected chi connectivity index (χ0v) is 12.8. The number of carbonyl (C=O) groups excluding carboxylic acids is 1. The summed E-state index contributed by atoms with van der Waals surface area (Å²) in [4.78, 5) is 13.5. The Morgan fingerprint density at radius 2 is 2.32 bits per heavy atom. The molecule has 0 bridgehead atoms. The fraction of sp³-hybridized carbons (Fsp3) is 0.667. The molecule has 2 rings (SSSR count). The SMILES string of the molecule is CCOC(=O)C1(NCc2cccs2)CC(C(C)C)C1. The lowest BCUT2D eigenvalue weighted by molar-refractivity contribution is -0.159. The van der Waals surface area contributed by atoms with E-state index in [4.69, 9.17) is 4.74 Å². The van der Waals surface area contributed by atoms with Crippen molar-refractivity contribution in [2.45, 2.75) is 45.7 Å². The van der Waals surface area contributed by atoms with Crippen LogP contribution in [0.5, 0.6) is 0 Å². The van der Waals surface area contributed by atoms with Gasteiger partial charge in [-0.2, -0.15) is 0 Å². The van der Waals surface area contributed by atoms with Gasteiger partial charge in [-0.15, -0.1) is 11.3 Å². The molecule has 1 fully saturated rings. The Balaban J connectivity index is 1.97. The van der Waals surface area contributed by atoms with Crippen LogP contribution in [0.3, 0.4) is 0 Å². The Hall–Kier alpha value is -0.870. The first kappa shape index (κ1) is 14.5. The molecular weight excluding hydrogens is 258 g/mol. The van der Waals surface area contributed by atoms with E-state index in [-0.39, 0.29) is 5.97 Å². The lowest BCUT2D eigenvalue weighted by Crippen LogP contribution is -2.62. The molecule has 0 amide bonds. The number of rotatable bonds is 6. The predicted molar refractivity (Wildman–Crippen MR) is 78.1 cm³/mol. The molecule has 0 saturated heterocycles. The number of esters is 1. The highest BCUT2D eigenvalue weighted by molar-refractivity contribution is 7.09. The largest absolute Gasteiger partial charge is 0.465 e. The van der Waals surface area contributed by atoms with Gasteiger partial charge < -0.3 is 4.74 Å². The maximum absolute atomic E-state index is 12.2. The quantitative estimate of drug-likeness (QED) is 0.814. The first-order valence-corrected chi connectivity index (χ1v) is 7.90. The Kier molecular flexibility index (Phi) is 4.63. The summed E-state index contributed by atoms with van der Waals surface area (Å²) >= 11 is 1.72. The van der Waals surface area contributed by atoms with Gasteiger partial charge in [0, 0.05) is 11.4 Å². The molecule has 0 atom stereocenters. The number of ether oxygens (including phenoxy) is 1. The normalized spacial score (nSPS) is 26.2. The van der Waals surface area contributed by atoms with Gasteiger partial charge in [-0.1, -0.05) is 19.9 Å². The molecule has 0 unspecified atom stereocenters. The highest BCUT2D eigenvalue weighted by atomic mass is 32.1. The number of hydrogen-bond donors (Lipinski definition) is 1. The minimum atomic E-state index is -0.449. The van der Waals surface area contributed by atoms with Crippen LogP contribution in [0.1, 0.15) is 38.5 Å². The van der Waals surface area contributed by atoms with Crippen LogP contribution in [0.4, 0.5) is 0 Å². The van der Waals surface area contributed by atoms with E-state index in [9.17, 15) is 4.79 Å². The average molecular weight is 281 g/mol. The molecule has 0 aliphatic heterocycles. The standard InChI is InChI=1S/C15H23NO2S/c1-4-18-14(17)15(8-12(9-15)11(2)3)16-10-13-6-5-7-19-13/h5-7,11-12,16H,4,8-10H2,1-3H3. The Morgan fingerprint density at radius 1 is 1.58 bits per heavy atom. The van der Waals surface area contributed by atoms with E-state index in [1.807, 2.05) is 13.0 Å². The second-order valence-electron chi connectivity index (χ2n) is 5.65. The number of carbonyl (C=O) groups is 1. The number of hydrogen-bond acceptors (Lipinski definition) is 4. The van der Waals surface area contributed by atoms with Gasteiger partial charge in [0.25, 0.3) is 0 Å². The monoisotopic (exact) mass is 281 g/mol. The summed E-state index contributed by atoms with van der Waals surface area (Å²) in [6.07, 6.45) is 1.80. The van der Waals surface area contributed by atoms with E-state index in [1.54, 1.807) is 11.3 Å². The van der Waals surface area contributed by atoms with Crippen LogP contribution in [0, 0.1) is 11.8 Å². The van der Waals surface area contributed by atoms with Crippen LogP contribution in [0.25, 0.3) is 0 Å². The second-order valence-corrected chi connectivity index (χ2v) is 6.68. The molecule has 1 aromatic heterocycles. The molecule has 0 aromatic carbocycles. The summed E-state index contributed by atoms with van der Waals surface area (Å²) in [5.74, 6) is 1.18. The lowest BCUT2D eigenvalue weighted by atomic mass is 9.64. The van der Waals surface area contributed by atoms with E-state index in [0.717, 1.165) is 19.4 Å². The third kappa shape index (κ3) is 3.18. The average Bonchev–Trinajstić information content (AvgIpc) is 2.80. The van der Waals surface area contributed by atoms with Crippen molar-refractivity contribution in [2.75, 3.05) is 6.61 Å². The van der Waals surface area contributed by atoms with E-state index in [2.05, 4.69) is 30.6 Å². The summed E-state index contributed by atoms with van der Waals surface area (Å²) < 4.78 is 5.25. The zero-order chi connectivity index (χ0) is 13.9. The highest BCUT2D eigenvalue weighted by Gasteiger charge is 2.51. The summed E-state index contributed by atoms with van der Waals surface area (Å²) in [6.45, 7) is 7.51. The molecule has 1 aromatic rings. The molecule has 4 heteroatoms. The zero-order valence-electron chi connectivity index (χ0n) is 11.9. The highest BCUT2D eigenvalue weighted by Crippen LogP contribution is 2.43. The molecule has 106 valence electrons. The van der Waals surface area contributed by atoms with Gasteiger partial charge >= 0.3 is 5.97 Å². The first-order valence-electron chi connectivity index (χ1n) is 7.02. The van der Waals surface area contributed by atoms with Crippen molar-refractivity contribution in [3.05, 3.63) is 22.4 Å². The molecular formula is C15H23NO2S. The molecule has 1 N–H and O–H groups in total. The summed E-state index contributed by atoms with van der Waals surface area (Å²) in [6, 6.07) is 4.13. The fourth-order valence-corrected chi connectivity index (χ4v) is 3.27. The molecule has 19 heavy (non-hydrogen) atoms. The Morgan fingerprint density at radius 3 is 2.84 bits per heavy atom. The van der Waals surface area contributed by atoms with Crippen molar-refractivity contribution in [2.24, 2.45) is 11.8 Å². The fourth-order valence-electron chi connectivity index (χ4n) is 2.63. The molecule has 1 heterocycles. The topological polar surface area (TPSA) is 38.3 Å². The molecule has 3 nitrogen and oxygen atoms in total. The van der Waals surface area contributed by atoms with Crippen LogP contribution in [0.2, 0.25) is 0 Å². The number of nitrogens with one attached hydrogen (secondary N) is 1. The minimum Gasteiger partial charge on any atom is -0.465 e. The van der Waals surface area contributed by atoms with Crippen LogP contribution in [-0.4, -0.2) is 18.1 Å². The van der Waals surface area contributed by atoms with Gasteiger partial charge in [0.05, 0.1) is 6.61 Å². The minimum absolute atomic E-state index is 0.0801. The third-order valence-corrected chi connectivity index (χ3v) is 4.89. The van der Waals surface area contributed by atoms with Gasteiger partial charge in [0.1, 0.15) is 5.54 Å². The Labute approximate surface area is 119 Å².